The first-order chi connectivity index (χ1) is 8.79. The van der Waals surface area contributed by atoms with Crippen molar-refractivity contribution < 1.29 is 9.90 Å². The van der Waals surface area contributed by atoms with E-state index in [0.29, 0.717) is 11.2 Å². The molecule has 2 N–H and O–H groups in total. The molecule has 2 aromatic heterocycles. The van der Waals surface area contributed by atoms with Gasteiger partial charge in [0.05, 0.1) is 5.69 Å². The Labute approximate surface area is 103 Å². The average Bonchev–Trinajstić information content (AvgIpc) is 2.78. The summed E-state index contributed by atoms with van der Waals surface area (Å²) in [6.07, 6.45) is 2.50. The number of hydrogen-bond donors (Lipinski definition) is 2. The number of nitrogens with one attached hydrogen (secondary N) is 1. The Morgan fingerprint density at radius 3 is 2.67 bits per heavy atom. The van der Waals surface area contributed by atoms with Crippen LogP contribution in [0.15, 0.2) is 42.6 Å². The minimum atomic E-state index is 0.195. The highest BCUT2D eigenvalue weighted by Gasteiger charge is 2.12. The molecule has 2 heterocycles. The topological polar surface area (TPSA) is 66.0 Å². The molecule has 88 valence electrons. The number of fused-ring (bicyclic) bond motifs is 1. The van der Waals surface area contributed by atoms with E-state index in [1.165, 1.54) is 0 Å². The van der Waals surface area contributed by atoms with E-state index < -0.39 is 0 Å². The van der Waals surface area contributed by atoms with Crippen LogP contribution in [0.2, 0.25) is 0 Å². The number of aldehydes is 1. The van der Waals surface area contributed by atoms with Crippen LogP contribution in [0.25, 0.3) is 22.3 Å². The summed E-state index contributed by atoms with van der Waals surface area (Å²) in [5.41, 5.74) is 2.83. The third-order valence-corrected chi connectivity index (χ3v) is 2.88. The van der Waals surface area contributed by atoms with Crippen molar-refractivity contribution in [2.75, 3.05) is 0 Å². The first-order valence-corrected chi connectivity index (χ1v) is 5.51. The lowest BCUT2D eigenvalue weighted by atomic mass is 10.1. The molecule has 0 aliphatic carbocycles. The molecule has 0 unspecified atom stereocenters. The first-order valence-electron chi connectivity index (χ1n) is 5.51. The van der Waals surface area contributed by atoms with Crippen molar-refractivity contribution >= 4 is 17.3 Å². The Balaban J connectivity index is 2.28. The van der Waals surface area contributed by atoms with Gasteiger partial charge in [-0.15, -0.1) is 0 Å². The molecule has 18 heavy (non-hydrogen) atoms. The van der Waals surface area contributed by atoms with Crippen LogP contribution in [0.4, 0.5) is 0 Å². The molecule has 0 saturated carbocycles. The number of aromatic nitrogens is 2. The molecular formula is C14H10N2O2. The van der Waals surface area contributed by atoms with E-state index in [1.54, 1.807) is 36.5 Å². The highest BCUT2D eigenvalue weighted by atomic mass is 16.3. The van der Waals surface area contributed by atoms with Crippen LogP contribution in [0.5, 0.6) is 5.75 Å². The molecule has 0 spiro atoms. The maximum absolute atomic E-state index is 11.2. The van der Waals surface area contributed by atoms with Crippen LogP contribution in [-0.4, -0.2) is 21.4 Å². The lowest BCUT2D eigenvalue weighted by molar-refractivity contribution is 0.112. The van der Waals surface area contributed by atoms with Crippen molar-refractivity contribution in [3.63, 3.8) is 0 Å². The average molecular weight is 238 g/mol. The maximum Gasteiger partial charge on any atom is 0.152 e. The third kappa shape index (κ3) is 1.55. The van der Waals surface area contributed by atoms with E-state index >= 15 is 0 Å². The van der Waals surface area contributed by atoms with Gasteiger partial charge in [-0.2, -0.15) is 0 Å². The van der Waals surface area contributed by atoms with E-state index in [1.807, 2.05) is 6.07 Å². The second-order valence-electron chi connectivity index (χ2n) is 3.98. The number of carbonyl (C=O) groups excluding carboxylic acids is 1. The molecule has 1 aromatic carbocycles. The number of nitrogens with zero attached hydrogens (tertiary/aromatic N) is 1. The quantitative estimate of drug-likeness (QED) is 0.674. The van der Waals surface area contributed by atoms with E-state index in [9.17, 15) is 9.90 Å². The second-order valence-corrected chi connectivity index (χ2v) is 3.98. The number of rotatable bonds is 2. The van der Waals surface area contributed by atoms with Gasteiger partial charge in [-0.25, -0.2) is 4.98 Å². The molecule has 3 aromatic rings. The van der Waals surface area contributed by atoms with E-state index in [2.05, 4.69) is 9.97 Å². The van der Waals surface area contributed by atoms with E-state index in [4.69, 9.17) is 0 Å². The van der Waals surface area contributed by atoms with Gasteiger partial charge in [-0.3, -0.25) is 4.79 Å². The molecule has 0 bridgehead atoms. The summed E-state index contributed by atoms with van der Waals surface area (Å²) in [5.74, 6) is 0.195. The van der Waals surface area contributed by atoms with Crippen LogP contribution in [0.1, 0.15) is 10.4 Å². The summed E-state index contributed by atoms with van der Waals surface area (Å²) in [5, 5.41) is 10.1. The van der Waals surface area contributed by atoms with Gasteiger partial charge < -0.3 is 10.1 Å². The summed E-state index contributed by atoms with van der Waals surface area (Å²) in [4.78, 5) is 18.6. The summed E-state index contributed by atoms with van der Waals surface area (Å²) in [6.45, 7) is 0. The highest BCUT2D eigenvalue weighted by molar-refractivity contribution is 6.03. The summed E-state index contributed by atoms with van der Waals surface area (Å²) in [7, 11) is 0. The number of carbonyl (C=O) groups is 1. The Hall–Kier alpha value is -2.62. The minimum Gasteiger partial charge on any atom is -0.508 e. The van der Waals surface area contributed by atoms with Gasteiger partial charge in [-0.1, -0.05) is 0 Å². The summed E-state index contributed by atoms with van der Waals surface area (Å²) in [6, 6.07) is 10.3. The van der Waals surface area contributed by atoms with Crippen molar-refractivity contribution in [3.05, 3.63) is 48.2 Å². The van der Waals surface area contributed by atoms with Crippen molar-refractivity contribution in [3.8, 4) is 17.0 Å². The van der Waals surface area contributed by atoms with Crippen molar-refractivity contribution in [2.45, 2.75) is 0 Å². The minimum absolute atomic E-state index is 0.195. The maximum atomic E-state index is 11.2. The molecular weight excluding hydrogens is 228 g/mol. The number of aromatic hydroxyl groups is 1. The Morgan fingerprint density at radius 1 is 1.17 bits per heavy atom. The number of benzene rings is 1. The molecule has 0 atom stereocenters. The predicted octanol–water partition coefficient (Wildman–Crippen LogP) is 2.75. The van der Waals surface area contributed by atoms with E-state index in [0.717, 1.165) is 22.9 Å². The monoisotopic (exact) mass is 238 g/mol. The van der Waals surface area contributed by atoms with Gasteiger partial charge in [0.2, 0.25) is 0 Å². The zero-order chi connectivity index (χ0) is 12.5. The zero-order valence-electron chi connectivity index (χ0n) is 9.42. The SMILES string of the molecule is O=Cc1c(-c2ccc(O)cc2)[nH]c2ncccc12. The molecule has 0 fully saturated rings. The van der Waals surface area contributed by atoms with Gasteiger partial charge in [0.1, 0.15) is 11.4 Å². The number of H-pyrrole nitrogens is 1. The number of pyridine rings is 1. The van der Waals surface area contributed by atoms with Gasteiger partial charge in [0.15, 0.2) is 6.29 Å². The zero-order valence-corrected chi connectivity index (χ0v) is 9.42. The summed E-state index contributed by atoms with van der Waals surface area (Å²) >= 11 is 0. The summed E-state index contributed by atoms with van der Waals surface area (Å²) < 4.78 is 0. The lowest BCUT2D eigenvalue weighted by Crippen LogP contribution is -1.83. The van der Waals surface area contributed by atoms with Crippen LogP contribution < -0.4 is 0 Å². The Kier molecular flexibility index (Phi) is 2.34. The molecule has 3 rings (SSSR count). The van der Waals surface area contributed by atoms with Gasteiger partial charge in [-0.05, 0) is 42.0 Å². The Bertz CT molecular complexity index is 714. The third-order valence-electron chi connectivity index (χ3n) is 2.88. The normalized spacial score (nSPS) is 10.7. The fourth-order valence-electron chi connectivity index (χ4n) is 2.02. The number of phenols is 1. The van der Waals surface area contributed by atoms with Crippen LogP contribution in [0, 0.1) is 0 Å². The number of phenolic OH excluding ortho intramolecular Hbond substituents is 1. The molecule has 0 amide bonds. The standard InChI is InChI=1S/C14H10N2O2/c17-8-12-11-2-1-7-15-14(11)16-13(12)9-3-5-10(18)6-4-9/h1-8,18H,(H,15,16). The largest absolute Gasteiger partial charge is 0.508 e. The second kappa shape index (κ2) is 4.00. The number of hydrogen-bond acceptors (Lipinski definition) is 3. The Morgan fingerprint density at radius 2 is 1.94 bits per heavy atom. The molecule has 0 aliphatic rings. The molecule has 0 saturated heterocycles. The molecule has 0 aliphatic heterocycles. The molecule has 4 heteroatoms. The van der Waals surface area contributed by atoms with E-state index in [-0.39, 0.29) is 5.75 Å². The molecule has 4 nitrogen and oxygen atoms in total. The van der Waals surface area contributed by atoms with Crippen molar-refractivity contribution in [1.82, 2.24) is 9.97 Å². The van der Waals surface area contributed by atoms with Crippen molar-refractivity contribution in [1.29, 1.82) is 0 Å². The molecule has 0 radical (unpaired) electrons. The van der Waals surface area contributed by atoms with Gasteiger partial charge in [0.25, 0.3) is 0 Å². The highest BCUT2D eigenvalue weighted by Crippen LogP contribution is 2.28. The van der Waals surface area contributed by atoms with Gasteiger partial charge in [0, 0.05) is 17.1 Å². The fraction of sp³-hybridized carbons (Fsp3) is 0. The van der Waals surface area contributed by atoms with Crippen molar-refractivity contribution in [2.24, 2.45) is 0 Å². The fourth-order valence-corrected chi connectivity index (χ4v) is 2.02. The van der Waals surface area contributed by atoms with Crippen LogP contribution in [-0.2, 0) is 0 Å². The first kappa shape index (κ1) is 10.5. The smallest absolute Gasteiger partial charge is 0.152 e. The lowest BCUT2D eigenvalue weighted by Gasteiger charge is -1.99. The number of aromatic amines is 1. The predicted molar refractivity (Wildman–Crippen MR) is 68.6 cm³/mol. The van der Waals surface area contributed by atoms with Gasteiger partial charge >= 0.3 is 0 Å². The van der Waals surface area contributed by atoms with Crippen LogP contribution >= 0.6 is 0 Å². The van der Waals surface area contributed by atoms with Crippen LogP contribution in [0.3, 0.4) is 0 Å².